The predicted molar refractivity (Wildman–Crippen MR) is 150 cm³/mol. The number of aromatic nitrogens is 1. The summed E-state index contributed by atoms with van der Waals surface area (Å²) in [5.74, 6) is 1.28. The Kier molecular flexibility index (Phi) is 8.07. The number of nitrogens with zero attached hydrogens (tertiary/aromatic N) is 4. The number of thiocarbonyl (C=S) groups is 1. The molecule has 8 nitrogen and oxygen atoms in total. The van der Waals surface area contributed by atoms with Crippen LogP contribution >= 0.6 is 24.0 Å². The monoisotopic (exact) mass is 538 g/mol. The van der Waals surface area contributed by atoms with Crippen molar-refractivity contribution in [3.05, 3.63) is 61.8 Å². The van der Waals surface area contributed by atoms with Crippen LogP contribution in [0, 0.1) is 18.3 Å². The second-order valence-electron chi connectivity index (χ2n) is 9.31. The Bertz CT molecular complexity index is 1350. The highest BCUT2D eigenvalue weighted by atomic mass is 32.2. The summed E-state index contributed by atoms with van der Waals surface area (Å²) in [5.41, 5.74) is 2.02. The molecule has 1 amide bonds. The van der Waals surface area contributed by atoms with Gasteiger partial charge in [-0.3, -0.25) is 19.1 Å². The Labute approximate surface area is 226 Å². The molecule has 2 saturated heterocycles. The number of nitriles is 1. The molecule has 1 aromatic carbocycles. The maximum atomic E-state index is 13.4. The highest BCUT2D eigenvalue weighted by Crippen LogP contribution is 2.36. The lowest BCUT2D eigenvalue weighted by atomic mass is 10.0. The van der Waals surface area contributed by atoms with E-state index in [0.29, 0.717) is 52.2 Å². The minimum atomic E-state index is -0.356. The quantitative estimate of drug-likeness (QED) is 0.407. The first kappa shape index (κ1) is 26.9. The number of carbonyl (C=O) groups excluding carboxylic acids is 1. The molecule has 0 saturated carbocycles. The minimum Gasteiger partial charge on any atom is -0.497 e. The van der Waals surface area contributed by atoms with Crippen LogP contribution in [-0.4, -0.2) is 58.6 Å². The molecule has 4 rings (SSSR count). The summed E-state index contributed by atoms with van der Waals surface area (Å²) in [5, 5.41) is 9.71. The van der Waals surface area contributed by atoms with Gasteiger partial charge in [-0.05, 0) is 56.5 Å². The van der Waals surface area contributed by atoms with Crippen LogP contribution in [0.3, 0.4) is 0 Å². The Morgan fingerprint density at radius 1 is 1.22 bits per heavy atom. The number of ether oxygens (including phenoxy) is 2. The maximum absolute atomic E-state index is 13.4. The van der Waals surface area contributed by atoms with Gasteiger partial charge in [0.2, 0.25) is 0 Å². The Balaban J connectivity index is 1.68. The molecule has 0 aliphatic carbocycles. The number of hydrogen-bond donors (Lipinski definition) is 0. The summed E-state index contributed by atoms with van der Waals surface area (Å²) in [7, 11) is 3.29. The van der Waals surface area contributed by atoms with Crippen LogP contribution in [0.25, 0.3) is 6.08 Å². The van der Waals surface area contributed by atoms with Gasteiger partial charge in [0, 0.05) is 32.2 Å². The van der Waals surface area contributed by atoms with E-state index in [1.807, 2.05) is 38.1 Å². The summed E-state index contributed by atoms with van der Waals surface area (Å²) < 4.78 is 13.1. The van der Waals surface area contributed by atoms with Crippen molar-refractivity contribution < 1.29 is 14.3 Å². The summed E-state index contributed by atoms with van der Waals surface area (Å²) in [6.45, 7) is 7.37. The van der Waals surface area contributed by atoms with E-state index in [2.05, 4.69) is 11.0 Å². The van der Waals surface area contributed by atoms with Gasteiger partial charge in [0.1, 0.15) is 27.5 Å². The first-order valence-corrected chi connectivity index (χ1v) is 13.3. The van der Waals surface area contributed by atoms with E-state index >= 15 is 0 Å². The Hall–Kier alpha value is -3.13. The highest BCUT2D eigenvalue weighted by molar-refractivity contribution is 8.26. The van der Waals surface area contributed by atoms with Gasteiger partial charge in [0.25, 0.3) is 11.5 Å². The van der Waals surface area contributed by atoms with E-state index in [-0.39, 0.29) is 29.2 Å². The molecule has 2 atom stereocenters. The summed E-state index contributed by atoms with van der Waals surface area (Å²) in [4.78, 5) is 30.6. The molecule has 2 aliphatic heterocycles. The number of morpholine rings is 1. The molecule has 0 unspecified atom stereocenters. The van der Waals surface area contributed by atoms with Crippen molar-refractivity contribution >= 4 is 46.1 Å². The van der Waals surface area contributed by atoms with Crippen LogP contribution in [0.1, 0.15) is 36.1 Å². The second-order valence-corrected chi connectivity index (χ2v) is 11.0. The van der Waals surface area contributed by atoms with Gasteiger partial charge in [-0.15, -0.1) is 0 Å². The van der Waals surface area contributed by atoms with Crippen LogP contribution in [-0.2, 0) is 23.0 Å². The van der Waals surface area contributed by atoms with Crippen molar-refractivity contribution in [1.82, 2.24) is 9.47 Å². The summed E-state index contributed by atoms with van der Waals surface area (Å²) in [6.07, 6.45) is 2.37. The van der Waals surface area contributed by atoms with Crippen LogP contribution in [0.2, 0.25) is 0 Å². The standard InChI is InChI=1S/C27H30N4O4S2/c1-16-14-30(15-17(2)35-16)24-21(18(3)22(13-28)25(32)29(24)4)12-23-26(33)31(27(36)37-23)11-10-19-6-8-20(34-5)9-7-19/h6-9,12,16-17H,10-11,14-15H2,1-5H3/b23-12+/t16-,17-/m0/s1. The average Bonchev–Trinajstić information content (AvgIpc) is 3.13. The SMILES string of the molecule is COc1ccc(CCN2C(=O)/C(=C\c3c(C)c(C#N)c(=O)n(C)c3N3C[C@H](C)O[C@@H](C)C3)SC2=S)cc1. The first-order valence-electron chi connectivity index (χ1n) is 12.1. The fourth-order valence-electron chi connectivity index (χ4n) is 4.80. The molecule has 2 aliphatic rings. The van der Waals surface area contributed by atoms with Gasteiger partial charge in [-0.25, -0.2) is 0 Å². The van der Waals surface area contributed by atoms with Crippen LogP contribution in [0.15, 0.2) is 34.0 Å². The molecule has 1 aromatic heterocycles. The number of carbonyl (C=O) groups is 1. The fourth-order valence-corrected chi connectivity index (χ4v) is 6.09. The molecule has 0 bridgehead atoms. The molecule has 194 valence electrons. The number of hydrogen-bond acceptors (Lipinski definition) is 8. The first-order chi connectivity index (χ1) is 17.6. The van der Waals surface area contributed by atoms with Crippen molar-refractivity contribution in [1.29, 1.82) is 5.26 Å². The second kappa shape index (κ2) is 11.1. The number of rotatable bonds is 6. The molecule has 2 aromatic rings. The number of thioether (sulfide) groups is 1. The van der Waals surface area contributed by atoms with E-state index in [1.54, 1.807) is 32.1 Å². The van der Waals surface area contributed by atoms with E-state index in [1.165, 1.54) is 16.3 Å². The molecule has 0 N–H and O–H groups in total. The smallest absolute Gasteiger partial charge is 0.270 e. The molecule has 10 heteroatoms. The average molecular weight is 539 g/mol. The van der Waals surface area contributed by atoms with Gasteiger partial charge >= 0.3 is 0 Å². The summed E-state index contributed by atoms with van der Waals surface area (Å²) in [6, 6.07) is 9.78. The molecule has 3 heterocycles. The number of pyridine rings is 1. The molecule has 2 fully saturated rings. The number of benzene rings is 1. The Morgan fingerprint density at radius 2 is 1.86 bits per heavy atom. The van der Waals surface area contributed by atoms with Crippen molar-refractivity contribution in [3.63, 3.8) is 0 Å². The van der Waals surface area contributed by atoms with Gasteiger partial charge in [0.05, 0.1) is 24.2 Å². The van der Waals surface area contributed by atoms with Crippen molar-refractivity contribution in [2.24, 2.45) is 7.05 Å². The lowest BCUT2D eigenvalue weighted by Crippen LogP contribution is -2.47. The zero-order valence-electron chi connectivity index (χ0n) is 21.6. The van der Waals surface area contributed by atoms with E-state index in [4.69, 9.17) is 21.7 Å². The van der Waals surface area contributed by atoms with Gasteiger partial charge in [0.15, 0.2) is 0 Å². The molecule has 0 spiro atoms. The highest BCUT2D eigenvalue weighted by Gasteiger charge is 2.33. The Morgan fingerprint density at radius 3 is 2.46 bits per heavy atom. The third-order valence-electron chi connectivity index (χ3n) is 6.62. The molecule has 0 radical (unpaired) electrons. The van der Waals surface area contributed by atoms with Crippen molar-refractivity contribution in [2.75, 3.05) is 31.6 Å². The molecule has 37 heavy (non-hydrogen) atoms. The van der Waals surface area contributed by atoms with Gasteiger partial charge in [-0.2, -0.15) is 5.26 Å². The van der Waals surface area contributed by atoms with Crippen molar-refractivity contribution in [3.8, 4) is 11.8 Å². The van der Waals surface area contributed by atoms with E-state index in [9.17, 15) is 14.9 Å². The normalized spacial score (nSPS) is 21.0. The van der Waals surface area contributed by atoms with Crippen LogP contribution in [0.4, 0.5) is 5.82 Å². The van der Waals surface area contributed by atoms with E-state index in [0.717, 1.165) is 11.3 Å². The number of anilines is 1. The topological polar surface area (TPSA) is 87.8 Å². The predicted octanol–water partition coefficient (Wildman–Crippen LogP) is 3.63. The van der Waals surface area contributed by atoms with Gasteiger partial charge in [-0.1, -0.05) is 36.1 Å². The third kappa shape index (κ3) is 5.44. The zero-order valence-corrected chi connectivity index (χ0v) is 23.2. The van der Waals surface area contributed by atoms with Crippen LogP contribution < -0.4 is 15.2 Å². The maximum Gasteiger partial charge on any atom is 0.270 e. The zero-order chi connectivity index (χ0) is 26.9. The third-order valence-corrected chi connectivity index (χ3v) is 8.00. The van der Waals surface area contributed by atoms with E-state index < -0.39 is 0 Å². The lowest BCUT2D eigenvalue weighted by molar-refractivity contribution is -0.122. The lowest BCUT2D eigenvalue weighted by Gasteiger charge is -2.38. The van der Waals surface area contributed by atoms with Crippen molar-refractivity contribution in [2.45, 2.75) is 39.4 Å². The largest absolute Gasteiger partial charge is 0.497 e. The summed E-state index contributed by atoms with van der Waals surface area (Å²) >= 11 is 6.80. The number of amides is 1. The number of methoxy groups -OCH3 is 1. The molecular formula is C27H30N4O4S2. The van der Waals surface area contributed by atoms with Crippen LogP contribution in [0.5, 0.6) is 5.75 Å². The molecular weight excluding hydrogens is 508 g/mol. The minimum absolute atomic E-state index is 0.0289. The van der Waals surface area contributed by atoms with Gasteiger partial charge < -0.3 is 14.4 Å². The fraction of sp³-hybridized carbons (Fsp3) is 0.407.